The average molecular weight is 424 g/mol. The van der Waals surface area contributed by atoms with Crippen molar-refractivity contribution in [3.05, 3.63) is 46.8 Å². The van der Waals surface area contributed by atoms with E-state index in [1.165, 1.54) is 12.1 Å². The largest absolute Gasteiger partial charge is 0.491 e. The maximum absolute atomic E-state index is 15.0. The van der Waals surface area contributed by atoms with Crippen molar-refractivity contribution in [1.29, 1.82) is 0 Å². The Bertz CT molecular complexity index is 901. The number of ether oxygens (including phenoxy) is 4. The fraction of sp³-hybridized carbons (Fsp3) is 0.478. The molecule has 0 aromatic heterocycles. The van der Waals surface area contributed by atoms with Gasteiger partial charge in [0, 0.05) is 24.2 Å². The van der Waals surface area contributed by atoms with Crippen LogP contribution in [0.15, 0.2) is 18.2 Å². The zero-order valence-electron chi connectivity index (χ0n) is 17.7. The number of hydrogen-bond donors (Lipinski definition) is 0. The summed E-state index contributed by atoms with van der Waals surface area (Å²) < 4.78 is 65.4. The summed E-state index contributed by atoms with van der Waals surface area (Å²) in [6, 6.07) is 4.55. The number of benzene rings is 2. The van der Waals surface area contributed by atoms with Crippen LogP contribution in [0.5, 0.6) is 23.0 Å². The summed E-state index contributed by atoms with van der Waals surface area (Å²) in [6.07, 6.45) is 0.974. The van der Waals surface area contributed by atoms with Crippen LogP contribution in [-0.4, -0.2) is 25.9 Å². The third-order valence-electron chi connectivity index (χ3n) is 5.07. The smallest absolute Gasteiger partial charge is 0.207 e. The summed E-state index contributed by atoms with van der Waals surface area (Å²) in [5.41, 5.74) is 0.909. The molecule has 0 radical (unpaired) electrons. The zero-order chi connectivity index (χ0) is 21.8. The second kappa shape index (κ2) is 9.60. The second-order valence-corrected chi connectivity index (χ2v) is 7.54. The molecular formula is C23H27F3O4. The van der Waals surface area contributed by atoms with Crippen molar-refractivity contribution in [2.75, 3.05) is 19.8 Å². The molecule has 0 fully saturated rings. The maximum atomic E-state index is 15.0. The Kier molecular flexibility index (Phi) is 7.13. The van der Waals surface area contributed by atoms with Crippen molar-refractivity contribution < 1.29 is 32.1 Å². The van der Waals surface area contributed by atoms with E-state index in [0.29, 0.717) is 23.7 Å². The molecule has 2 atom stereocenters. The molecule has 0 aliphatic carbocycles. The predicted molar refractivity (Wildman–Crippen MR) is 107 cm³/mol. The van der Waals surface area contributed by atoms with Crippen LogP contribution in [0.25, 0.3) is 0 Å². The van der Waals surface area contributed by atoms with Crippen molar-refractivity contribution in [3.63, 3.8) is 0 Å². The molecule has 0 saturated carbocycles. The normalized spacial score (nSPS) is 14.4. The Hall–Kier alpha value is -2.41. The molecule has 1 aliphatic rings. The number of rotatable bonds is 9. The van der Waals surface area contributed by atoms with E-state index in [-0.39, 0.29) is 48.7 Å². The highest BCUT2D eigenvalue weighted by molar-refractivity contribution is 5.55. The van der Waals surface area contributed by atoms with Gasteiger partial charge >= 0.3 is 0 Å². The molecule has 0 spiro atoms. The van der Waals surface area contributed by atoms with E-state index >= 15 is 0 Å². The highest BCUT2D eigenvalue weighted by atomic mass is 19.2. The highest BCUT2D eigenvalue weighted by Gasteiger charge is 2.29. The Labute approximate surface area is 174 Å². The monoisotopic (exact) mass is 424 g/mol. The Morgan fingerprint density at radius 3 is 2.33 bits per heavy atom. The molecule has 30 heavy (non-hydrogen) atoms. The Morgan fingerprint density at radius 2 is 1.63 bits per heavy atom. The minimum absolute atomic E-state index is 0.0250. The number of fused-ring (bicyclic) bond motifs is 2. The van der Waals surface area contributed by atoms with Gasteiger partial charge in [0.15, 0.2) is 23.0 Å². The number of hydrogen-bond acceptors (Lipinski definition) is 4. The summed E-state index contributed by atoms with van der Waals surface area (Å²) in [5, 5.41) is 0. The van der Waals surface area contributed by atoms with Crippen molar-refractivity contribution in [1.82, 2.24) is 0 Å². The highest BCUT2D eigenvalue weighted by Crippen LogP contribution is 2.44. The first kappa shape index (κ1) is 22.3. The molecule has 2 aromatic carbocycles. The molecular weight excluding hydrogens is 397 g/mol. The fourth-order valence-electron chi connectivity index (χ4n) is 3.09. The second-order valence-electron chi connectivity index (χ2n) is 7.54. The predicted octanol–water partition coefficient (Wildman–Crippen LogP) is 6.03. The van der Waals surface area contributed by atoms with Gasteiger partial charge in [0.2, 0.25) is 17.5 Å². The van der Waals surface area contributed by atoms with E-state index < -0.39 is 17.5 Å². The summed E-state index contributed by atoms with van der Waals surface area (Å²) in [7, 11) is 0. The van der Waals surface area contributed by atoms with Crippen molar-refractivity contribution in [2.24, 2.45) is 5.92 Å². The van der Waals surface area contributed by atoms with Gasteiger partial charge in [-0.3, -0.25) is 0 Å². The van der Waals surface area contributed by atoms with Crippen molar-refractivity contribution >= 4 is 0 Å². The van der Waals surface area contributed by atoms with Gasteiger partial charge in [-0.2, -0.15) is 13.2 Å². The van der Waals surface area contributed by atoms with Gasteiger partial charge in [0.05, 0.1) is 12.7 Å². The molecule has 1 aliphatic heterocycles. The van der Waals surface area contributed by atoms with Gasteiger partial charge in [-0.25, -0.2) is 0 Å². The van der Waals surface area contributed by atoms with Crippen molar-refractivity contribution in [3.8, 4) is 23.0 Å². The van der Waals surface area contributed by atoms with Gasteiger partial charge in [-0.1, -0.05) is 26.3 Å². The van der Waals surface area contributed by atoms with Crippen LogP contribution in [-0.2, 0) is 11.2 Å². The third kappa shape index (κ3) is 4.67. The minimum Gasteiger partial charge on any atom is -0.491 e. The van der Waals surface area contributed by atoms with Gasteiger partial charge < -0.3 is 18.9 Å². The molecule has 2 aromatic rings. The minimum atomic E-state index is -1.20. The van der Waals surface area contributed by atoms with Crippen LogP contribution in [0.3, 0.4) is 0 Å². The van der Waals surface area contributed by atoms with Crippen molar-refractivity contribution in [2.45, 2.75) is 46.6 Å². The standard InChI is InChI=1S/C23H27F3O4/c1-5-13(3)11-28-14(4)12-29-17-8-7-15-9-16-10-18(27-6-2)19(24)21(26)23(16)30-22(15)20(17)25/h7-8,10,13-14H,5-6,9,11-12H2,1-4H3. The lowest BCUT2D eigenvalue weighted by Crippen LogP contribution is -2.21. The lowest BCUT2D eigenvalue weighted by Gasteiger charge is -2.23. The average Bonchev–Trinajstić information content (AvgIpc) is 2.74. The first-order valence-corrected chi connectivity index (χ1v) is 10.2. The lowest BCUT2D eigenvalue weighted by atomic mass is 9.99. The first-order chi connectivity index (χ1) is 14.3. The number of halogens is 3. The van der Waals surface area contributed by atoms with E-state index in [1.54, 1.807) is 13.0 Å². The van der Waals surface area contributed by atoms with E-state index in [0.717, 1.165) is 6.42 Å². The third-order valence-corrected chi connectivity index (χ3v) is 5.07. The molecule has 0 saturated heterocycles. The van der Waals surface area contributed by atoms with Gasteiger partial charge in [0.1, 0.15) is 6.61 Å². The van der Waals surface area contributed by atoms with E-state index in [4.69, 9.17) is 18.9 Å². The Balaban J connectivity index is 1.76. The summed E-state index contributed by atoms with van der Waals surface area (Å²) in [5.74, 6) is -3.37. The summed E-state index contributed by atoms with van der Waals surface area (Å²) in [4.78, 5) is 0. The van der Waals surface area contributed by atoms with Gasteiger partial charge in [0.25, 0.3) is 0 Å². The fourth-order valence-corrected chi connectivity index (χ4v) is 3.09. The molecule has 1 heterocycles. The van der Waals surface area contributed by atoms with Gasteiger partial charge in [-0.05, 0) is 31.9 Å². The van der Waals surface area contributed by atoms with Crippen LogP contribution in [0, 0.1) is 23.4 Å². The summed E-state index contributed by atoms with van der Waals surface area (Å²) in [6.45, 7) is 8.65. The molecule has 7 heteroatoms. The Morgan fingerprint density at radius 1 is 0.900 bits per heavy atom. The molecule has 4 nitrogen and oxygen atoms in total. The molecule has 0 bridgehead atoms. The molecule has 0 amide bonds. The van der Waals surface area contributed by atoms with Crippen LogP contribution in [0.2, 0.25) is 0 Å². The summed E-state index contributed by atoms with van der Waals surface area (Å²) >= 11 is 0. The lowest BCUT2D eigenvalue weighted by molar-refractivity contribution is 0.0140. The molecule has 0 N–H and O–H groups in total. The van der Waals surface area contributed by atoms with E-state index in [2.05, 4.69) is 13.8 Å². The molecule has 2 unspecified atom stereocenters. The maximum Gasteiger partial charge on any atom is 0.207 e. The first-order valence-electron chi connectivity index (χ1n) is 10.2. The van der Waals surface area contributed by atoms with Crippen LogP contribution >= 0.6 is 0 Å². The zero-order valence-corrected chi connectivity index (χ0v) is 17.7. The van der Waals surface area contributed by atoms with E-state index in [9.17, 15) is 13.2 Å². The van der Waals surface area contributed by atoms with Crippen LogP contribution < -0.4 is 14.2 Å². The molecule has 3 rings (SSSR count). The quantitative estimate of drug-likeness (QED) is 0.420. The SMILES string of the molecule is CCOc1cc2c(c(F)c1F)Oc1c(ccc(OCC(C)OCC(C)CC)c1F)C2. The topological polar surface area (TPSA) is 36.9 Å². The van der Waals surface area contributed by atoms with Crippen LogP contribution in [0.1, 0.15) is 45.2 Å². The van der Waals surface area contributed by atoms with E-state index in [1.807, 2.05) is 6.92 Å². The molecule has 164 valence electrons. The van der Waals surface area contributed by atoms with Crippen LogP contribution in [0.4, 0.5) is 13.2 Å². The van der Waals surface area contributed by atoms with Gasteiger partial charge in [-0.15, -0.1) is 0 Å².